The van der Waals surface area contributed by atoms with E-state index in [-0.39, 0.29) is 18.1 Å². The van der Waals surface area contributed by atoms with Crippen LogP contribution in [0, 0.1) is 6.92 Å². The molecule has 130 valence electrons. The van der Waals surface area contributed by atoms with Gasteiger partial charge in [-0.3, -0.25) is 14.6 Å². The molecule has 1 N–H and O–H groups in total. The highest BCUT2D eigenvalue weighted by Gasteiger charge is 2.10. The number of ether oxygens (including phenoxy) is 2. The van der Waals surface area contributed by atoms with Crippen molar-refractivity contribution < 1.29 is 14.3 Å². The standard InChI is InChI=1S/C17H18N4O4/c1-11-5-3-6-13(18-11)14-10-21-15(17(23)19-14)9-16(20-21)25-8-4-7-24-12(2)22/h3,5-6,9-10H,4,7-8H2,1-2H3,(H,19,23). The van der Waals surface area contributed by atoms with Gasteiger partial charge in [0, 0.05) is 25.1 Å². The number of carbonyl (C=O) groups excluding carboxylic acids is 1. The second kappa shape index (κ2) is 7.16. The van der Waals surface area contributed by atoms with Crippen LogP contribution in [0.2, 0.25) is 0 Å². The number of nitrogens with zero attached hydrogens (tertiary/aromatic N) is 3. The SMILES string of the molecule is CC(=O)OCCCOc1cc2c(=O)[nH]c(-c3cccc(C)n3)cn2n1. The number of fused-ring (bicyclic) bond motifs is 1. The van der Waals surface area contributed by atoms with E-state index in [1.807, 2.05) is 25.1 Å². The van der Waals surface area contributed by atoms with Crippen LogP contribution in [0.3, 0.4) is 0 Å². The topological polar surface area (TPSA) is 98.6 Å². The van der Waals surface area contributed by atoms with Crippen molar-refractivity contribution in [2.75, 3.05) is 13.2 Å². The van der Waals surface area contributed by atoms with Gasteiger partial charge in [0.2, 0.25) is 5.88 Å². The molecule has 0 aliphatic carbocycles. The lowest BCUT2D eigenvalue weighted by Gasteiger charge is -2.03. The van der Waals surface area contributed by atoms with E-state index in [1.165, 1.54) is 11.4 Å². The molecule has 0 aromatic carbocycles. The van der Waals surface area contributed by atoms with Crippen molar-refractivity contribution in [3.63, 3.8) is 0 Å². The molecule has 0 fully saturated rings. The molecular weight excluding hydrogens is 324 g/mol. The summed E-state index contributed by atoms with van der Waals surface area (Å²) in [6.07, 6.45) is 2.24. The zero-order valence-electron chi connectivity index (χ0n) is 14.0. The van der Waals surface area contributed by atoms with Crippen LogP contribution < -0.4 is 10.3 Å². The lowest BCUT2D eigenvalue weighted by atomic mass is 10.2. The smallest absolute Gasteiger partial charge is 0.302 e. The lowest BCUT2D eigenvalue weighted by molar-refractivity contribution is -0.141. The van der Waals surface area contributed by atoms with Crippen LogP contribution in [-0.2, 0) is 9.53 Å². The summed E-state index contributed by atoms with van der Waals surface area (Å²) in [5.41, 5.74) is 2.20. The fraction of sp³-hybridized carbons (Fsp3) is 0.294. The normalized spacial score (nSPS) is 10.8. The van der Waals surface area contributed by atoms with Crippen molar-refractivity contribution >= 4 is 11.5 Å². The van der Waals surface area contributed by atoms with Gasteiger partial charge in [0.25, 0.3) is 5.56 Å². The molecule has 0 aliphatic heterocycles. The van der Waals surface area contributed by atoms with E-state index in [9.17, 15) is 9.59 Å². The summed E-state index contributed by atoms with van der Waals surface area (Å²) >= 11 is 0. The van der Waals surface area contributed by atoms with Gasteiger partial charge in [0.15, 0.2) is 0 Å². The molecule has 0 amide bonds. The molecule has 0 bridgehead atoms. The van der Waals surface area contributed by atoms with E-state index < -0.39 is 0 Å². The summed E-state index contributed by atoms with van der Waals surface area (Å²) in [7, 11) is 0. The number of aromatic nitrogens is 4. The van der Waals surface area contributed by atoms with Crippen molar-refractivity contribution in [1.29, 1.82) is 0 Å². The average Bonchev–Trinajstić information content (AvgIpc) is 2.98. The highest BCUT2D eigenvalue weighted by atomic mass is 16.5. The third-order valence-corrected chi connectivity index (χ3v) is 3.45. The third-order valence-electron chi connectivity index (χ3n) is 3.45. The molecule has 0 atom stereocenters. The van der Waals surface area contributed by atoms with E-state index in [0.717, 1.165) is 5.69 Å². The molecule has 3 aromatic heterocycles. The van der Waals surface area contributed by atoms with Crippen LogP contribution in [0.15, 0.2) is 35.3 Å². The highest BCUT2D eigenvalue weighted by Crippen LogP contribution is 2.16. The van der Waals surface area contributed by atoms with Crippen molar-refractivity contribution in [3.05, 3.63) is 46.5 Å². The minimum Gasteiger partial charge on any atom is -0.476 e. The summed E-state index contributed by atoms with van der Waals surface area (Å²) in [6.45, 7) is 3.86. The summed E-state index contributed by atoms with van der Waals surface area (Å²) in [5, 5.41) is 4.25. The van der Waals surface area contributed by atoms with E-state index in [0.29, 0.717) is 35.8 Å². The summed E-state index contributed by atoms with van der Waals surface area (Å²) in [5.74, 6) is 0.0132. The van der Waals surface area contributed by atoms with Crippen LogP contribution in [-0.4, -0.2) is 38.8 Å². The Balaban J connectivity index is 1.77. The second-order valence-corrected chi connectivity index (χ2v) is 5.52. The molecule has 0 saturated carbocycles. The number of aryl methyl sites for hydroxylation is 1. The number of carbonyl (C=O) groups is 1. The predicted octanol–water partition coefficient (Wildman–Crippen LogP) is 1.73. The Labute approximate surface area is 143 Å². The van der Waals surface area contributed by atoms with Crippen molar-refractivity contribution in [2.24, 2.45) is 0 Å². The van der Waals surface area contributed by atoms with Crippen molar-refractivity contribution in [2.45, 2.75) is 20.3 Å². The number of rotatable bonds is 6. The maximum atomic E-state index is 12.3. The summed E-state index contributed by atoms with van der Waals surface area (Å²) < 4.78 is 11.8. The van der Waals surface area contributed by atoms with Crippen LogP contribution in [0.1, 0.15) is 19.0 Å². The van der Waals surface area contributed by atoms with Gasteiger partial charge >= 0.3 is 5.97 Å². The first-order valence-electron chi connectivity index (χ1n) is 7.86. The van der Waals surface area contributed by atoms with Crippen LogP contribution in [0.25, 0.3) is 16.9 Å². The average molecular weight is 342 g/mol. The first kappa shape index (κ1) is 16.7. The Morgan fingerprint density at radius 3 is 2.92 bits per heavy atom. The number of pyridine rings is 1. The van der Waals surface area contributed by atoms with Gasteiger partial charge in [0.1, 0.15) is 5.52 Å². The molecular formula is C17H18N4O4. The van der Waals surface area contributed by atoms with Crippen LogP contribution in [0.5, 0.6) is 5.88 Å². The Kier molecular flexibility index (Phi) is 4.78. The van der Waals surface area contributed by atoms with Crippen LogP contribution >= 0.6 is 0 Å². The molecule has 0 aliphatic rings. The molecule has 0 unspecified atom stereocenters. The van der Waals surface area contributed by atoms with Gasteiger partial charge in [-0.15, -0.1) is 5.10 Å². The maximum Gasteiger partial charge on any atom is 0.302 e. The van der Waals surface area contributed by atoms with Crippen molar-refractivity contribution in [3.8, 4) is 17.3 Å². The summed E-state index contributed by atoms with van der Waals surface area (Å²) in [4.78, 5) is 30.1. The number of nitrogens with one attached hydrogen (secondary N) is 1. The first-order chi connectivity index (χ1) is 12.0. The molecule has 3 aromatic rings. The number of esters is 1. The summed E-state index contributed by atoms with van der Waals surface area (Å²) in [6, 6.07) is 7.15. The minimum atomic E-state index is -0.323. The van der Waals surface area contributed by atoms with Gasteiger partial charge in [0.05, 0.1) is 30.8 Å². The first-order valence-corrected chi connectivity index (χ1v) is 7.86. The van der Waals surface area contributed by atoms with E-state index in [2.05, 4.69) is 15.1 Å². The van der Waals surface area contributed by atoms with E-state index >= 15 is 0 Å². The molecule has 8 heteroatoms. The zero-order valence-corrected chi connectivity index (χ0v) is 14.0. The van der Waals surface area contributed by atoms with E-state index in [1.54, 1.807) is 12.3 Å². The molecule has 3 heterocycles. The monoisotopic (exact) mass is 342 g/mol. The highest BCUT2D eigenvalue weighted by molar-refractivity contribution is 5.65. The predicted molar refractivity (Wildman–Crippen MR) is 90.5 cm³/mol. The largest absolute Gasteiger partial charge is 0.476 e. The Bertz CT molecular complexity index is 961. The Morgan fingerprint density at radius 1 is 1.32 bits per heavy atom. The number of hydrogen-bond acceptors (Lipinski definition) is 6. The van der Waals surface area contributed by atoms with Gasteiger partial charge in [-0.2, -0.15) is 0 Å². The molecule has 8 nitrogen and oxygen atoms in total. The molecule has 3 rings (SSSR count). The number of hydrogen-bond donors (Lipinski definition) is 1. The fourth-order valence-electron chi connectivity index (χ4n) is 2.33. The van der Waals surface area contributed by atoms with Crippen LogP contribution in [0.4, 0.5) is 0 Å². The minimum absolute atomic E-state index is 0.275. The zero-order chi connectivity index (χ0) is 17.8. The molecule has 0 spiro atoms. The molecule has 0 saturated heterocycles. The van der Waals surface area contributed by atoms with Crippen molar-refractivity contribution in [1.82, 2.24) is 19.6 Å². The number of aromatic amines is 1. The number of H-pyrrole nitrogens is 1. The second-order valence-electron chi connectivity index (χ2n) is 5.52. The molecule has 0 radical (unpaired) electrons. The Hall–Kier alpha value is -3.16. The fourth-order valence-corrected chi connectivity index (χ4v) is 2.33. The molecule has 25 heavy (non-hydrogen) atoms. The van der Waals surface area contributed by atoms with Gasteiger partial charge in [-0.05, 0) is 19.1 Å². The third kappa shape index (κ3) is 4.03. The maximum absolute atomic E-state index is 12.3. The lowest BCUT2D eigenvalue weighted by Crippen LogP contribution is -2.11. The van der Waals surface area contributed by atoms with Gasteiger partial charge in [-0.25, -0.2) is 4.52 Å². The van der Waals surface area contributed by atoms with E-state index in [4.69, 9.17) is 9.47 Å². The Morgan fingerprint density at radius 2 is 2.16 bits per heavy atom. The van der Waals surface area contributed by atoms with Gasteiger partial charge in [-0.1, -0.05) is 6.07 Å². The van der Waals surface area contributed by atoms with Gasteiger partial charge < -0.3 is 14.5 Å². The quantitative estimate of drug-likeness (QED) is 0.541.